The van der Waals surface area contributed by atoms with E-state index in [1.165, 1.54) is 0 Å². The molecule has 4 rings (SSSR count). The molecule has 34 heavy (non-hydrogen) atoms. The third-order valence-electron chi connectivity index (χ3n) is 6.79. The molecule has 0 bridgehead atoms. The number of aliphatic carboxylic acids is 1. The summed E-state index contributed by atoms with van der Waals surface area (Å²) >= 11 is 0. The minimum Gasteiger partial charge on any atom is -0.480 e. The summed E-state index contributed by atoms with van der Waals surface area (Å²) in [6, 6.07) is 15.1. The zero-order valence-electron chi connectivity index (χ0n) is 19.1. The lowest BCUT2D eigenvalue weighted by atomic mass is 9.68. The highest BCUT2D eigenvalue weighted by atomic mass is 16.5. The van der Waals surface area contributed by atoms with Crippen LogP contribution in [0.2, 0.25) is 0 Å². The second kappa shape index (κ2) is 10.0. The lowest BCUT2D eigenvalue weighted by Crippen LogP contribution is -2.55. The first-order valence-corrected chi connectivity index (χ1v) is 11.5. The van der Waals surface area contributed by atoms with Gasteiger partial charge in [0.25, 0.3) is 0 Å². The van der Waals surface area contributed by atoms with Crippen molar-refractivity contribution in [2.75, 3.05) is 13.2 Å². The van der Waals surface area contributed by atoms with Crippen molar-refractivity contribution < 1.29 is 24.2 Å². The van der Waals surface area contributed by atoms with E-state index in [2.05, 4.69) is 46.7 Å². The number of carbonyl (C=O) groups is 3. The van der Waals surface area contributed by atoms with Crippen molar-refractivity contribution in [1.82, 2.24) is 10.6 Å². The SMILES string of the molecule is CC#CCC(NC(=O)C1(CNC(=O)OCC2c3ccccc3-c3ccccc32)CCC1)C(=O)O. The average molecular weight is 461 g/mol. The Kier molecular flexibility index (Phi) is 6.87. The van der Waals surface area contributed by atoms with Gasteiger partial charge >= 0.3 is 12.1 Å². The van der Waals surface area contributed by atoms with Gasteiger partial charge in [0.2, 0.25) is 5.91 Å². The number of hydrogen-bond donors (Lipinski definition) is 3. The van der Waals surface area contributed by atoms with Crippen LogP contribution < -0.4 is 10.6 Å². The summed E-state index contributed by atoms with van der Waals surface area (Å²) in [6.07, 6.45) is 1.44. The maximum absolute atomic E-state index is 12.9. The van der Waals surface area contributed by atoms with Crippen LogP contribution in [0.15, 0.2) is 48.5 Å². The summed E-state index contributed by atoms with van der Waals surface area (Å²) in [5.74, 6) is 3.79. The number of carboxylic acids is 1. The monoisotopic (exact) mass is 460 g/mol. The van der Waals surface area contributed by atoms with Gasteiger partial charge in [0.05, 0.1) is 5.41 Å². The Balaban J connectivity index is 1.35. The fourth-order valence-corrected chi connectivity index (χ4v) is 4.69. The number of alkyl carbamates (subject to hydrolysis) is 1. The predicted octanol–water partition coefficient (Wildman–Crippen LogP) is 3.68. The first-order chi connectivity index (χ1) is 16.4. The fourth-order valence-electron chi connectivity index (χ4n) is 4.69. The fraction of sp³-hybridized carbons (Fsp3) is 0.370. The molecule has 1 saturated carbocycles. The van der Waals surface area contributed by atoms with Crippen LogP contribution in [0.1, 0.15) is 49.7 Å². The van der Waals surface area contributed by atoms with Gasteiger partial charge < -0.3 is 20.5 Å². The molecule has 0 heterocycles. The molecule has 0 spiro atoms. The van der Waals surface area contributed by atoms with E-state index in [1.807, 2.05) is 24.3 Å². The minimum absolute atomic E-state index is 0.0352. The van der Waals surface area contributed by atoms with Crippen molar-refractivity contribution in [3.05, 3.63) is 59.7 Å². The summed E-state index contributed by atoms with van der Waals surface area (Å²) < 4.78 is 5.56. The summed E-state index contributed by atoms with van der Waals surface area (Å²) in [4.78, 5) is 36.8. The molecule has 0 radical (unpaired) electrons. The molecule has 2 aliphatic carbocycles. The Morgan fingerprint density at radius 2 is 1.71 bits per heavy atom. The summed E-state index contributed by atoms with van der Waals surface area (Å²) in [7, 11) is 0. The molecule has 0 aliphatic heterocycles. The van der Waals surface area contributed by atoms with Crippen LogP contribution in [-0.2, 0) is 14.3 Å². The molecule has 7 nitrogen and oxygen atoms in total. The molecule has 3 N–H and O–H groups in total. The third-order valence-corrected chi connectivity index (χ3v) is 6.79. The van der Waals surface area contributed by atoms with E-state index in [1.54, 1.807) is 6.92 Å². The molecule has 1 unspecified atom stereocenters. The number of benzene rings is 2. The maximum Gasteiger partial charge on any atom is 0.407 e. The quantitative estimate of drug-likeness (QED) is 0.522. The van der Waals surface area contributed by atoms with Gasteiger partial charge in [-0.25, -0.2) is 9.59 Å². The largest absolute Gasteiger partial charge is 0.480 e. The van der Waals surface area contributed by atoms with Crippen LogP contribution in [0.3, 0.4) is 0 Å². The van der Waals surface area contributed by atoms with Gasteiger partial charge in [-0.3, -0.25) is 4.79 Å². The van der Waals surface area contributed by atoms with Gasteiger partial charge in [0, 0.05) is 18.9 Å². The molecule has 1 fully saturated rings. The molecule has 7 heteroatoms. The van der Waals surface area contributed by atoms with Crippen molar-refractivity contribution in [1.29, 1.82) is 0 Å². The molecular formula is C27H28N2O5. The Bertz CT molecular complexity index is 1110. The smallest absolute Gasteiger partial charge is 0.407 e. The van der Waals surface area contributed by atoms with Crippen LogP contribution in [0.5, 0.6) is 0 Å². The third kappa shape index (κ3) is 4.62. The molecule has 2 amide bonds. The van der Waals surface area contributed by atoms with Gasteiger partial charge in [0.15, 0.2) is 0 Å². The number of ether oxygens (including phenoxy) is 1. The number of amides is 2. The van der Waals surface area contributed by atoms with Crippen LogP contribution in [0.25, 0.3) is 11.1 Å². The number of rotatable bonds is 8. The Morgan fingerprint density at radius 3 is 2.24 bits per heavy atom. The van der Waals surface area contributed by atoms with E-state index in [0.717, 1.165) is 28.7 Å². The predicted molar refractivity (Wildman–Crippen MR) is 127 cm³/mol. The Labute approximate surface area is 198 Å². The molecule has 176 valence electrons. The molecule has 2 aromatic rings. The zero-order chi connectivity index (χ0) is 24.1. The van der Waals surface area contributed by atoms with Crippen LogP contribution in [-0.4, -0.2) is 42.3 Å². The van der Waals surface area contributed by atoms with Gasteiger partial charge in [-0.15, -0.1) is 11.8 Å². The lowest BCUT2D eigenvalue weighted by molar-refractivity contribution is -0.145. The molecule has 0 saturated heterocycles. The van der Waals surface area contributed by atoms with Crippen molar-refractivity contribution in [3.8, 4) is 23.0 Å². The van der Waals surface area contributed by atoms with E-state index < -0.39 is 23.5 Å². The van der Waals surface area contributed by atoms with Crippen LogP contribution in [0.4, 0.5) is 4.79 Å². The number of nitrogens with one attached hydrogen (secondary N) is 2. The van der Waals surface area contributed by atoms with E-state index >= 15 is 0 Å². The van der Waals surface area contributed by atoms with E-state index in [9.17, 15) is 19.5 Å². The van der Waals surface area contributed by atoms with Gasteiger partial charge in [-0.05, 0) is 42.0 Å². The summed E-state index contributed by atoms with van der Waals surface area (Å²) in [6.45, 7) is 1.91. The van der Waals surface area contributed by atoms with E-state index in [0.29, 0.717) is 12.8 Å². The number of fused-ring (bicyclic) bond motifs is 3. The van der Waals surface area contributed by atoms with E-state index in [-0.39, 0.29) is 31.4 Å². The first kappa shape index (κ1) is 23.4. The second-order valence-electron chi connectivity index (χ2n) is 8.81. The molecule has 2 aromatic carbocycles. The summed E-state index contributed by atoms with van der Waals surface area (Å²) in [5, 5.41) is 14.7. The topological polar surface area (TPSA) is 105 Å². The number of carbonyl (C=O) groups excluding carboxylic acids is 2. The maximum atomic E-state index is 12.9. The molecule has 0 aromatic heterocycles. The van der Waals surface area contributed by atoms with Gasteiger partial charge in [-0.2, -0.15) is 0 Å². The number of carboxylic acid groups (broad SMARTS) is 1. The van der Waals surface area contributed by atoms with Gasteiger partial charge in [-0.1, -0.05) is 55.0 Å². The second-order valence-corrected chi connectivity index (χ2v) is 8.81. The normalized spacial score (nSPS) is 16.0. The highest BCUT2D eigenvalue weighted by Crippen LogP contribution is 2.44. The Morgan fingerprint density at radius 1 is 1.09 bits per heavy atom. The highest BCUT2D eigenvalue weighted by molar-refractivity contribution is 5.89. The standard InChI is InChI=1S/C27H28N2O5/c1-2-3-13-23(24(30)31)29-25(32)27(14-8-15-27)17-28-26(33)34-16-22-20-11-6-4-9-18(20)19-10-5-7-12-21(19)22/h4-7,9-12,22-23H,8,13-17H2,1H3,(H,28,33)(H,29,32)(H,30,31). The zero-order valence-corrected chi connectivity index (χ0v) is 19.1. The van der Waals surface area contributed by atoms with Gasteiger partial charge in [0.1, 0.15) is 12.6 Å². The van der Waals surface area contributed by atoms with Crippen molar-refractivity contribution >= 4 is 18.0 Å². The number of hydrogen-bond acceptors (Lipinski definition) is 4. The summed E-state index contributed by atoms with van der Waals surface area (Å²) in [5.41, 5.74) is 3.73. The lowest BCUT2D eigenvalue weighted by Gasteiger charge is -2.40. The molecular weight excluding hydrogens is 432 g/mol. The van der Waals surface area contributed by atoms with Crippen LogP contribution in [0, 0.1) is 17.3 Å². The van der Waals surface area contributed by atoms with Crippen molar-refractivity contribution in [2.24, 2.45) is 5.41 Å². The molecule has 1 atom stereocenters. The molecule has 2 aliphatic rings. The minimum atomic E-state index is -1.13. The van der Waals surface area contributed by atoms with Crippen LogP contribution >= 0.6 is 0 Å². The Hall–Kier alpha value is -3.79. The van der Waals surface area contributed by atoms with E-state index in [4.69, 9.17) is 4.74 Å². The van der Waals surface area contributed by atoms with Crippen molar-refractivity contribution in [2.45, 2.75) is 44.6 Å². The average Bonchev–Trinajstić information content (AvgIpc) is 3.13. The highest BCUT2D eigenvalue weighted by Gasteiger charge is 2.45. The van der Waals surface area contributed by atoms with Crippen molar-refractivity contribution in [3.63, 3.8) is 0 Å². The first-order valence-electron chi connectivity index (χ1n) is 11.5.